The number of aliphatic imine (C=N–C) groups is 1. The van der Waals surface area contributed by atoms with E-state index in [0.29, 0.717) is 0 Å². The van der Waals surface area contributed by atoms with Crippen LogP contribution in [0.2, 0.25) is 0 Å². The normalized spacial score (nSPS) is 12.0. The summed E-state index contributed by atoms with van der Waals surface area (Å²) in [5.74, 6) is 0. The Kier molecular flexibility index (Phi) is 6.94. The number of fused-ring (bicyclic) bond motifs is 3. The molecule has 2 nitrogen and oxygen atoms in total. The monoisotopic (exact) mass is 550 g/mol. The van der Waals surface area contributed by atoms with Gasteiger partial charge in [0.2, 0.25) is 0 Å². The zero-order chi connectivity index (χ0) is 29.2. The van der Waals surface area contributed by atoms with Crippen molar-refractivity contribution in [2.45, 2.75) is 6.92 Å². The second kappa shape index (κ2) is 11.3. The third kappa shape index (κ3) is 4.83. The third-order valence-electron chi connectivity index (χ3n) is 8.20. The second-order valence-corrected chi connectivity index (χ2v) is 10.7. The summed E-state index contributed by atoms with van der Waals surface area (Å²) in [5.41, 5.74) is 9.34. The molecule has 0 fully saturated rings. The molecule has 0 bridgehead atoms. The number of hydrogen-bond acceptors (Lipinski definition) is 2. The predicted octanol–water partition coefficient (Wildman–Crippen LogP) is 11.2. The van der Waals surface area contributed by atoms with Gasteiger partial charge in [0.05, 0.1) is 0 Å². The van der Waals surface area contributed by atoms with Gasteiger partial charge >= 0.3 is 0 Å². The lowest BCUT2D eigenvalue weighted by atomic mass is 9.85. The van der Waals surface area contributed by atoms with E-state index >= 15 is 0 Å². The van der Waals surface area contributed by atoms with Gasteiger partial charge in [0, 0.05) is 29.7 Å². The van der Waals surface area contributed by atoms with Crippen LogP contribution in [-0.2, 0) is 0 Å². The topological polar surface area (TPSA) is 25.2 Å². The number of rotatable bonds is 6. The molecule has 0 saturated carbocycles. The molecule has 1 aromatic heterocycles. The highest BCUT2D eigenvalue weighted by Crippen LogP contribution is 2.44. The van der Waals surface area contributed by atoms with Gasteiger partial charge in [-0.2, -0.15) is 0 Å². The highest BCUT2D eigenvalue weighted by Gasteiger charge is 2.16. The van der Waals surface area contributed by atoms with Crippen molar-refractivity contribution < 1.29 is 0 Å². The number of allylic oxidation sites excluding steroid dienone is 3. The summed E-state index contributed by atoms with van der Waals surface area (Å²) in [5, 5.41) is 7.47. The van der Waals surface area contributed by atoms with E-state index in [2.05, 4.69) is 144 Å². The van der Waals surface area contributed by atoms with Crippen molar-refractivity contribution in [3.63, 3.8) is 0 Å². The van der Waals surface area contributed by atoms with Crippen molar-refractivity contribution in [3.8, 4) is 33.4 Å². The van der Waals surface area contributed by atoms with E-state index in [4.69, 9.17) is 0 Å². The minimum absolute atomic E-state index is 1.05. The highest BCUT2D eigenvalue weighted by atomic mass is 14.6. The highest BCUT2D eigenvalue weighted by molar-refractivity contribution is 6.21. The van der Waals surface area contributed by atoms with Gasteiger partial charge in [-0.05, 0) is 104 Å². The number of benzene rings is 6. The first-order chi connectivity index (χ1) is 21.2. The minimum atomic E-state index is 1.05. The predicted molar refractivity (Wildman–Crippen MR) is 185 cm³/mol. The van der Waals surface area contributed by atoms with E-state index in [1.165, 1.54) is 54.6 Å². The molecule has 0 saturated heterocycles. The van der Waals surface area contributed by atoms with Crippen LogP contribution in [0.1, 0.15) is 12.5 Å². The Labute approximate surface area is 252 Å². The number of nitrogens with zero attached hydrogens (tertiary/aromatic N) is 2. The van der Waals surface area contributed by atoms with Crippen molar-refractivity contribution in [1.29, 1.82) is 0 Å². The van der Waals surface area contributed by atoms with Gasteiger partial charge in [-0.15, -0.1) is 0 Å². The van der Waals surface area contributed by atoms with Crippen LogP contribution in [-0.4, -0.2) is 11.7 Å². The van der Waals surface area contributed by atoms with Crippen LogP contribution in [0.25, 0.3) is 71.3 Å². The SMILES string of the molecule is C=N/C=C\C(=C/C)c1cncc(-c2ccc3cc(-c4c5ccccc5c(-c5ccccc5)c5ccccc45)ccc3c2)c1. The Balaban J connectivity index is 1.37. The third-order valence-corrected chi connectivity index (χ3v) is 8.20. The molecule has 2 heteroatoms. The van der Waals surface area contributed by atoms with Crippen LogP contribution in [0.4, 0.5) is 0 Å². The van der Waals surface area contributed by atoms with Crippen molar-refractivity contribution in [1.82, 2.24) is 4.98 Å². The van der Waals surface area contributed by atoms with Gasteiger partial charge in [-0.3, -0.25) is 9.98 Å². The zero-order valence-corrected chi connectivity index (χ0v) is 24.0. The number of pyridine rings is 1. The Morgan fingerprint density at radius 1 is 0.581 bits per heavy atom. The van der Waals surface area contributed by atoms with Gasteiger partial charge in [-0.1, -0.05) is 109 Å². The molecule has 0 unspecified atom stereocenters. The summed E-state index contributed by atoms with van der Waals surface area (Å²) >= 11 is 0. The quantitative estimate of drug-likeness (QED) is 0.115. The van der Waals surface area contributed by atoms with Crippen LogP contribution in [0.15, 0.2) is 157 Å². The molecular formula is C41H30N2. The maximum absolute atomic E-state index is 4.54. The molecule has 6 aromatic carbocycles. The van der Waals surface area contributed by atoms with Crippen molar-refractivity contribution >= 4 is 44.6 Å². The Morgan fingerprint density at radius 3 is 1.74 bits per heavy atom. The lowest BCUT2D eigenvalue weighted by Gasteiger charge is -2.18. The molecule has 0 aliphatic rings. The fourth-order valence-corrected chi connectivity index (χ4v) is 6.18. The lowest BCUT2D eigenvalue weighted by Crippen LogP contribution is -1.91. The minimum Gasteiger partial charge on any atom is -0.272 e. The summed E-state index contributed by atoms with van der Waals surface area (Å²) in [6.45, 7) is 5.57. The first-order valence-corrected chi connectivity index (χ1v) is 14.5. The summed E-state index contributed by atoms with van der Waals surface area (Å²) in [7, 11) is 0. The zero-order valence-electron chi connectivity index (χ0n) is 24.0. The average Bonchev–Trinajstić information content (AvgIpc) is 3.07. The molecule has 0 spiro atoms. The summed E-state index contributed by atoms with van der Waals surface area (Å²) < 4.78 is 0. The van der Waals surface area contributed by atoms with E-state index in [9.17, 15) is 0 Å². The van der Waals surface area contributed by atoms with E-state index in [1.54, 1.807) is 6.20 Å². The first kappa shape index (κ1) is 26.3. The van der Waals surface area contributed by atoms with Crippen LogP contribution in [0.5, 0.6) is 0 Å². The van der Waals surface area contributed by atoms with E-state index in [-0.39, 0.29) is 0 Å². The van der Waals surface area contributed by atoms with Gasteiger partial charge in [0.15, 0.2) is 0 Å². The second-order valence-electron chi connectivity index (χ2n) is 10.7. The van der Waals surface area contributed by atoms with Gasteiger partial charge in [0.25, 0.3) is 0 Å². The largest absolute Gasteiger partial charge is 0.272 e. The lowest BCUT2D eigenvalue weighted by molar-refractivity contribution is 1.31. The van der Waals surface area contributed by atoms with Crippen LogP contribution < -0.4 is 0 Å². The first-order valence-electron chi connectivity index (χ1n) is 14.5. The summed E-state index contributed by atoms with van der Waals surface area (Å²) in [6, 6.07) is 44.0. The molecule has 204 valence electrons. The molecular weight excluding hydrogens is 520 g/mol. The summed E-state index contributed by atoms with van der Waals surface area (Å²) in [4.78, 5) is 8.39. The van der Waals surface area contributed by atoms with Crippen LogP contribution in [0, 0.1) is 0 Å². The van der Waals surface area contributed by atoms with Crippen LogP contribution in [0.3, 0.4) is 0 Å². The molecule has 1 heterocycles. The van der Waals surface area contributed by atoms with Crippen molar-refractivity contribution in [3.05, 3.63) is 158 Å². The fraction of sp³-hybridized carbons (Fsp3) is 0.0244. The van der Waals surface area contributed by atoms with Gasteiger partial charge in [0.1, 0.15) is 0 Å². The molecule has 0 aliphatic heterocycles. The Bertz CT molecular complexity index is 2150. The number of aromatic nitrogens is 1. The Hall–Kier alpha value is -5.60. The molecule has 0 radical (unpaired) electrons. The molecule has 0 N–H and O–H groups in total. The van der Waals surface area contributed by atoms with E-state index in [1.807, 2.05) is 25.4 Å². The molecule has 0 atom stereocenters. The molecule has 0 aliphatic carbocycles. The van der Waals surface area contributed by atoms with Gasteiger partial charge < -0.3 is 0 Å². The molecule has 7 rings (SSSR count). The van der Waals surface area contributed by atoms with Crippen molar-refractivity contribution in [2.24, 2.45) is 4.99 Å². The molecule has 0 amide bonds. The maximum Gasteiger partial charge on any atom is 0.0346 e. The smallest absolute Gasteiger partial charge is 0.0346 e. The number of hydrogen-bond donors (Lipinski definition) is 0. The van der Waals surface area contributed by atoms with Crippen LogP contribution >= 0.6 is 0 Å². The van der Waals surface area contributed by atoms with Gasteiger partial charge in [-0.25, -0.2) is 0 Å². The Morgan fingerprint density at radius 2 is 1.14 bits per heavy atom. The maximum atomic E-state index is 4.54. The standard InChI is InChI=1S/C41H30N2/c1-3-28(21-22-42-2)34-25-35(27-43-26-34)32-18-17-31-24-33(20-19-30(31)23-32)41-38-15-9-7-13-36(38)40(29-11-5-4-6-12-29)37-14-8-10-16-39(37)41/h3-27H,2H2,1H3/b22-21-,28-3+. The summed E-state index contributed by atoms with van der Waals surface area (Å²) in [6.07, 6.45) is 9.53. The van der Waals surface area contributed by atoms with E-state index in [0.717, 1.165) is 22.3 Å². The van der Waals surface area contributed by atoms with E-state index < -0.39 is 0 Å². The average molecular weight is 551 g/mol. The molecule has 7 aromatic rings. The molecule has 43 heavy (non-hydrogen) atoms. The fourth-order valence-electron chi connectivity index (χ4n) is 6.18. The van der Waals surface area contributed by atoms with Crippen molar-refractivity contribution in [2.75, 3.05) is 0 Å².